The number of likely N-dealkylation sites (tertiary alicyclic amines) is 1. The number of carbonyl (C=O) groups excluding carboxylic acids is 1. The summed E-state index contributed by atoms with van der Waals surface area (Å²) in [6, 6.07) is 6.28. The van der Waals surface area contributed by atoms with Crippen LogP contribution in [0.25, 0.3) is 0 Å². The number of nitrogens with zero attached hydrogens (tertiary/aromatic N) is 1. The second kappa shape index (κ2) is 7.65. The van der Waals surface area contributed by atoms with Gasteiger partial charge in [-0.15, -0.1) is 0 Å². The molecule has 1 aromatic rings. The molecule has 2 N–H and O–H groups in total. The van der Waals surface area contributed by atoms with Crippen LogP contribution in [0.5, 0.6) is 0 Å². The number of amides is 1. The van der Waals surface area contributed by atoms with Crippen molar-refractivity contribution in [3.05, 3.63) is 29.8 Å². The van der Waals surface area contributed by atoms with E-state index < -0.39 is 5.97 Å². The quantitative estimate of drug-likeness (QED) is 0.891. The normalized spacial score (nSPS) is 18.1. The minimum Gasteiger partial charge on any atom is -0.478 e. The lowest BCUT2D eigenvalue weighted by atomic mass is 10.1. The third-order valence-corrected chi connectivity index (χ3v) is 3.24. The van der Waals surface area contributed by atoms with Crippen LogP contribution < -0.4 is 5.32 Å². The van der Waals surface area contributed by atoms with E-state index in [1.54, 1.807) is 18.2 Å². The van der Waals surface area contributed by atoms with Crippen LogP contribution in [0.15, 0.2) is 24.3 Å². The molecule has 5 nitrogen and oxygen atoms in total. The van der Waals surface area contributed by atoms with E-state index in [2.05, 4.69) is 5.32 Å². The molecule has 2 rings (SSSR count). The predicted molar refractivity (Wildman–Crippen MR) is 79.0 cm³/mol. The minimum absolute atomic E-state index is 0.117. The Morgan fingerprint density at radius 1 is 1.30 bits per heavy atom. The Hall–Kier alpha value is -1.88. The van der Waals surface area contributed by atoms with Gasteiger partial charge in [0.2, 0.25) is 5.91 Å². The number of carbonyl (C=O) groups is 2. The maximum absolute atomic E-state index is 12.1. The fraction of sp³-hybridized carbons (Fsp3) is 0.467. The van der Waals surface area contributed by atoms with Crippen LogP contribution in [0.4, 0.5) is 5.69 Å². The first-order valence-electron chi connectivity index (χ1n) is 6.93. The first-order valence-corrected chi connectivity index (χ1v) is 6.93. The van der Waals surface area contributed by atoms with E-state index in [1.807, 2.05) is 25.8 Å². The molecule has 1 aliphatic rings. The lowest BCUT2D eigenvalue weighted by molar-refractivity contribution is -0.119. The largest absolute Gasteiger partial charge is 0.478 e. The number of hydrogen-bond donors (Lipinski definition) is 2. The Morgan fingerprint density at radius 3 is 2.50 bits per heavy atom. The summed E-state index contributed by atoms with van der Waals surface area (Å²) in [6.45, 7) is 4.90. The molecule has 5 heteroatoms. The molecular weight excluding hydrogens is 256 g/mol. The number of carboxylic acids is 1. The SMILES string of the molecule is CC.CN1CCCC1C(=O)Nc1ccccc1C(=O)O. The van der Waals surface area contributed by atoms with E-state index in [9.17, 15) is 9.59 Å². The lowest BCUT2D eigenvalue weighted by Crippen LogP contribution is -2.37. The molecule has 1 amide bonds. The van der Waals surface area contributed by atoms with Gasteiger partial charge in [-0.2, -0.15) is 0 Å². The Bertz CT molecular complexity index is 474. The summed E-state index contributed by atoms with van der Waals surface area (Å²) < 4.78 is 0. The average Bonchev–Trinajstić information content (AvgIpc) is 2.87. The average molecular weight is 278 g/mol. The second-order valence-electron chi connectivity index (χ2n) is 4.48. The third-order valence-electron chi connectivity index (χ3n) is 3.24. The van der Waals surface area contributed by atoms with Crippen molar-refractivity contribution in [2.75, 3.05) is 18.9 Å². The van der Waals surface area contributed by atoms with E-state index in [1.165, 1.54) is 6.07 Å². The van der Waals surface area contributed by atoms with Crippen LogP contribution >= 0.6 is 0 Å². The van der Waals surface area contributed by atoms with Crippen molar-refractivity contribution in [2.24, 2.45) is 0 Å². The molecule has 110 valence electrons. The van der Waals surface area contributed by atoms with Crippen molar-refractivity contribution < 1.29 is 14.7 Å². The van der Waals surface area contributed by atoms with Crippen LogP contribution in [0.2, 0.25) is 0 Å². The fourth-order valence-corrected chi connectivity index (χ4v) is 2.24. The van der Waals surface area contributed by atoms with E-state index in [4.69, 9.17) is 5.11 Å². The van der Waals surface area contributed by atoms with Gasteiger partial charge in [0.1, 0.15) is 0 Å². The molecule has 20 heavy (non-hydrogen) atoms. The number of aromatic carboxylic acids is 1. The fourth-order valence-electron chi connectivity index (χ4n) is 2.24. The molecule has 1 unspecified atom stereocenters. The zero-order valence-corrected chi connectivity index (χ0v) is 12.2. The summed E-state index contributed by atoms with van der Waals surface area (Å²) in [5.41, 5.74) is 0.474. The molecule has 0 spiro atoms. The Balaban J connectivity index is 0.000000956. The summed E-state index contributed by atoms with van der Waals surface area (Å²) in [6.07, 6.45) is 1.81. The smallest absolute Gasteiger partial charge is 0.337 e. The van der Waals surface area contributed by atoms with Gasteiger partial charge in [-0.1, -0.05) is 26.0 Å². The predicted octanol–water partition coefficient (Wildman–Crippen LogP) is 2.44. The van der Waals surface area contributed by atoms with E-state index in [-0.39, 0.29) is 17.5 Å². The zero-order chi connectivity index (χ0) is 15.1. The Morgan fingerprint density at radius 2 is 1.95 bits per heavy atom. The van der Waals surface area contributed by atoms with Gasteiger partial charge in [-0.3, -0.25) is 9.69 Å². The van der Waals surface area contributed by atoms with E-state index in [0.717, 1.165) is 19.4 Å². The van der Waals surface area contributed by atoms with Gasteiger partial charge in [0, 0.05) is 0 Å². The molecule has 0 bridgehead atoms. The monoisotopic (exact) mass is 278 g/mol. The van der Waals surface area contributed by atoms with Gasteiger partial charge in [-0.25, -0.2) is 4.79 Å². The van der Waals surface area contributed by atoms with Gasteiger partial charge in [0.05, 0.1) is 17.3 Å². The number of carboxylic acid groups (broad SMARTS) is 1. The zero-order valence-electron chi connectivity index (χ0n) is 12.2. The molecule has 0 radical (unpaired) electrons. The number of anilines is 1. The van der Waals surface area contributed by atoms with Gasteiger partial charge in [0.15, 0.2) is 0 Å². The number of benzene rings is 1. The third kappa shape index (κ3) is 3.81. The second-order valence-corrected chi connectivity index (χ2v) is 4.48. The van der Waals surface area contributed by atoms with Crippen molar-refractivity contribution in [1.82, 2.24) is 4.90 Å². The maximum atomic E-state index is 12.1. The van der Waals surface area contributed by atoms with E-state index >= 15 is 0 Å². The maximum Gasteiger partial charge on any atom is 0.337 e. The molecule has 1 aromatic carbocycles. The Labute approximate surface area is 119 Å². The van der Waals surface area contributed by atoms with Crippen LogP contribution in [0.3, 0.4) is 0 Å². The molecule has 0 aliphatic carbocycles. The van der Waals surface area contributed by atoms with Crippen LogP contribution in [-0.4, -0.2) is 41.5 Å². The van der Waals surface area contributed by atoms with Crippen molar-refractivity contribution in [2.45, 2.75) is 32.7 Å². The van der Waals surface area contributed by atoms with Gasteiger partial charge >= 0.3 is 5.97 Å². The summed E-state index contributed by atoms with van der Waals surface area (Å²) in [7, 11) is 1.90. The number of hydrogen-bond acceptors (Lipinski definition) is 3. The molecule has 1 atom stereocenters. The van der Waals surface area contributed by atoms with Gasteiger partial charge in [-0.05, 0) is 38.6 Å². The molecule has 1 heterocycles. The minimum atomic E-state index is -1.04. The highest BCUT2D eigenvalue weighted by Gasteiger charge is 2.28. The molecule has 1 fully saturated rings. The van der Waals surface area contributed by atoms with Crippen LogP contribution in [-0.2, 0) is 4.79 Å². The number of likely N-dealkylation sites (N-methyl/N-ethyl adjacent to an activating group) is 1. The van der Waals surface area contributed by atoms with Crippen LogP contribution in [0.1, 0.15) is 37.0 Å². The molecule has 0 aromatic heterocycles. The van der Waals surface area contributed by atoms with Gasteiger partial charge < -0.3 is 10.4 Å². The van der Waals surface area contributed by atoms with E-state index in [0.29, 0.717) is 5.69 Å². The van der Waals surface area contributed by atoms with Crippen LogP contribution in [0, 0.1) is 0 Å². The molecular formula is C15H22N2O3. The standard InChI is InChI=1S/C13H16N2O3.C2H6/c1-15-8-4-7-11(15)12(16)14-10-6-3-2-5-9(10)13(17)18;1-2/h2-3,5-6,11H,4,7-8H2,1H3,(H,14,16)(H,17,18);1-2H3. The Kier molecular flexibility index (Phi) is 6.18. The lowest BCUT2D eigenvalue weighted by Gasteiger charge is -2.19. The highest BCUT2D eigenvalue weighted by atomic mass is 16.4. The number of nitrogens with one attached hydrogen (secondary N) is 1. The topological polar surface area (TPSA) is 69.6 Å². The number of rotatable bonds is 3. The summed E-state index contributed by atoms with van der Waals surface area (Å²) in [4.78, 5) is 25.1. The van der Waals surface area contributed by atoms with Crippen molar-refractivity contribution >= 4 is 17.6 Å². The molecule has 0 saturated carbocycles. The highest BCUT2D eigenvalue weighted by Crippen LogP contribution is 2.19. The van der Waals surface area contributed by atoms with Crippen molar-refractivity contribution in [1.29, 1.82) is 0 Å². The van der Waals surface area contributed by atoms with Gasteiger partial charge in [0.25, 0.3) is 0 Å². The first-order chi connectivity index (χ1) is 9.59. The molecule has 1 saturated heterocycles. The number of para-hydroxylation sites is 1. The first kappa shape index (κ1) is 16.2. The summed E-state index contributed by atoms with van der Waals surface area (Å²) in [5.74, 6) is -1.17. The molecule has 1 aliphatic heterocycles. The summed E-state index contributed by atoms with van der Waals surface area (Å²) >= 11 is 0. The highest BCUT2D eigenvalue weighted by molar-refractivity contribution is 6.02. The van der Waals surface area contributed by atoms with Crippen molar-refractivity contribution in [3.8, 4) is 0 Å². The summed E-state index contributed by atoms with van der Waals surface area (Å²) in [5, 5.41) is 11.7. The van der Waals surface area contributed by atoms with Crippen molar-refractivity contribution in [3.63, 3.8) is 0 Å².